The summed E-state index contributed by atoms with van der Waals surface area (Å²) in [6.45, 7) is 0. The Morgan fingerprint density at radius 3 is 2.52 bits per heavy atom. The number of rotatable bonds is 4. The summed E-state index contributed by atoms with van der Waals surface area (Å²) in [5.74, 6) is 1.85. The number of methoxy groups -OCH3 is 2. The van der Waals surface area contributed by atoms with E-state index >= 15 is 0 Å². The number of ether oxygens (including phenoxy) is 2. The Morgan fingerprint density at radius 2 is 1.81 bits per heavy atom. The van der Waals surface area contributed by atoms with E-state index in [1.54, 1.807) is 18.9 Å². The predicted octanol–water partition coefficient (Wildman–Crippen LogP) is 3.90. The quantitative estimate of drug-likeness (QED) is 0.597. The second-order valence-electron chi connectivity index (χ2n) is 6.27. The van der Waals surface area contributed by atoms with Crippen LogP contribution in [0.2, 0.25) is 0 Å². The van der Waals surface area contributed by atoms with E-state index in [0.717, 1.165) is 38.9 Å². The van der Waals surface area contributed by atoms with Crippen molar-refractivity contribution < 1.29 is 9.47 Å². The molecular weight excluding hydrogens is 340 g/mol. The van der Waals surface area contributed by atoms with Crippen LogP contribution in [-0.2, 0) is 7.05 Å². The maximum absolute atomic E-state index is 6.16. The molecule has 27 heavy (non-hydrogen) atoms. The van der Waals surface area contributed by atoms with Gasteiger partial charge < -0.3 is 15.2 Å². The summed E-state index contributed by atoms with van der Waals surface area (Å²) in [6, 6.07) is 13.7. The second-order valence-corrected chi connectivity index (χ2v) is 6.27. The molecule has 4 rings (SSSR count). The van der Waals surface area contributed by atoms with Crippen molar-refractivity contribution in [3.8, 4) is 33.9 Å². The van der Waals surface area contributed by atoms with Crippen molar-refractivity contribution in [3.63, 3.8) is 0 Å². The van der Waals surface area contributed by atoms with Gasteiger partial charge in [-0.25, -0.2) is 4.98 Å². The number of fused-ring (bicyclic) bond motifs is 1. The molecule has 0 aliphatic rings. The highest BCUT2D eigenvalue weighted by atomic mass is 16.5. The average molecular weight is 360 g/mol. The minimum Gasteiger partial charge on any atom is -0.497 e. The van der Waals surface area contributed by atoms with Crippen LogP contribution in [0.25, 0.3) is 33.2 Å². The Labute approximate surface area is 157 Å². The molecule has 0 atom stereocenters. The zero-order valence-electron chi connectivity index (χ0n) is 15.4. The lowest BCUT2D eigenvalue weighted by Gasteiger charge is -2.14. The van der Waals surface area contributed by atoms with Gasteiger partial charge in [0.15, 0.2) is 0 Å². The highest BCUT2D eigenvalue weighted by Crippen LogP contribution is 2.39. The van der Waals surface area contributed by atoms with E-state index in [4.69, 9.17) is 15.2 Å². The molecule has 136 valence electrons. The predicted molar refractivity (Wildman–Crippen MR) is 107 cm³/mol. The average Bonchev–Trinajstić information content (AvgIpc) is 3.12. The van der Waals surface area contributed by atoms with Gasteiger partial charge in [-0.3, -0.25) is 4.68 Å². The molecule has 0 aliphatic heterocycles. The van der Waals surface area contributed by atoms with Gasteiger partial charge >= 0.3 is 0 Å². The summed E-state index contributed by atoms with van der Waals surface area (Å²) in [4.78, 5) is 4.61. The molecule has 2 aromatic heterocycles. The molecule has 6 nitrogen and oxygen atoms in total. The Hall–Kier alpha value is -3.54. The van der Waals surface area contributed by atoms with Crippen molar-refractivity contribution in [2.75, 3.05) is 20.0 Å². The van der Waals surface area contributed by atoms with E-state index in [2.05, 4.69) is 16.1 Å². The van der Waals surface area contributed by atoms with E-state index < -0.39 is 0 Å². The topological polar surface area (TPSA) is 75.2 Å². The van der Waals surface area contributed by atoms with Crippen LogP contribution >= 0.6 is 0 Å². The molecule has 0 amide bonds. The summed E-state index contributed by atoms with van der Waals surface area (Å²) in [5.41, 5.74) is 9.89. The third-order valence-electron chi connectivity index (χ3n) is 4.57. The number of benzene rings is 2. The van der Waals surface area contributed by atoms with Crippen LogP contribution in [0.1, 0.15) is 0 Å². The van der Waals surface area contributed by atoms with E-state index in [1.807, 2.05) is 55.8 Å². The summed E-state index contributed by atoms with van der Waals surface area (Å²) in [5, 5.41) is 6.30. The van der Waals surface area contributed by atoms with E-state index in [-0.39, 0.29) is 0 Å². The summed E-state index contributed by atoms with van der Waals surface area (Å²) >= 11 is 0. The molecule has 0 radical (unpaired) electrons. The van der Waals surface area contributed by atoms with Gasteiger partial charge in [-0.15, -0.1) is 0 Å². The SMILES string of the molecule is COc1ccc(-c2nc(N)cc3c(-c4cnn(C)c4)cccc23)c(OC)c1. The Morgan fingerprint density at radius 1 is 0.963 bits per heavy atom. The highest BCUT2D eigenvalue weighted by molar-refractivity contribution is 6.04. The first-order valence-electron chi connectivity index (χ1n) is 8.51. The second kappa shape index (κ2) is 6.64. The van der Waals surface area contributed by atoms with E-state index in [0.29, 0.717) is 11.6 Å². The molecule has 4 aromatic rings. The van der Waals surface area contributed by atoms with Gasteiger partial charge in [-0.2, -0.15) is 5.10 Å². The van der Waals surface area contributed by atoms with Crippen molar-refractivity contribution in [2.45, 2.75) is 0 Å². The molecule has 0 bridgehead atoms. The fraction of sp³-hybridized carbons (Fsp3) is 0.143. The van der Waals surface area contributed by atoms with Gasteiger partial charge in [0.2, 0.25) is 0 Å². The number of nitrogens with two attached hydrogens (primary N) is 1. The van der Waals surface area contributed by atoms with Crippen LogP contribution in [0.5, 0.6) is 11.5 Å². The van der Waals surface area contributed by atoms with E-state index in [1.165, 1.54) is 0 Å². The molecule has 0 aliphatic carbocycles. The van der Waals surface area contributed by atoms with Crippen molar-refractivity contribution >= 4 is 16.6 Å². The van der Waals surface area contributed by atoms with Crippen LogP contribution in [0.4, 0.5) is 5.82 Å². The van der Waals surface area contributed by atoms with E-state index in [9.17, 15) is 0 Å². The van der Waals surface area contributed by atoms with Gasteiger partial charge in [-0.05, 0) is 29.1 Å². The van der Waals surface area contributed by atoms with Crippen molar-refractivity contribution in [1.29, 1.82) is 0 Å². The number of anilines is 1. The lowest BCUT2D eigenvalue weighted by atomic mass is 9.97. The molecule has 0 unspecified atom stereocenters. The van der Waals surface area contributed by atoms with Gasteiger partial charge in [0.1, 0.15) is 17.3 Å². The monoisotopic (exact) mass is 360 g/mol. The van der Waals surface area contributed by atoms with Gasteiger partial charge in [0.25, 0.3) is 0 Å². The maximum Gasteiger partial charge on any atom is 0.131 e. The molecule has 2 heterocycles. The maximum atomic E-state index is 6.16. The lowest BCUT2D eigenvalue weighted by molar-refractivity contribution is 0.395. The Kier molecular flexibility index (Phi) is 4.16. The molecule has 0 spiro atoms. The Balaban J connectivity index is 2.00. The van der Waals surface area contributed by atoms with Gasteiger partial charge in [0.05, 0.1) is 26.1 Å². The van der Waals surface area contributed by atoms with Crippen molar-refractivity contribution in [1.82, 2.24) is 14.8 Å². The number of pyridine rings is 1. The third kappa shape index (κ3) is 2.95. The minimum atomic E-state index is 0.451. The lowest BCUT2D eigenvalue weighted by Crippen LogP contribution is -1.97. The van der Waals surface area contributed by atoms with Gasteiger partial charge in [-0.1, -0.05) is 18.2 Å². The number of nitrogen functional groups attached to an aromatic ring is 1. The number of hydrogen-bond donors (Lipinski definition) is 1. The first-order chi connectivity index (χ1) is 13.1. The summed E-state index contributed by atoms with van der Waals surface area (Å²) < 4.78 is 12.7. The first kappa shape index (κ1) is 16.9. The molecule has 0 fully saturated rings. The number of hydrogen-bond acceptors (Lipinski definition) is 5. The van der Waals surface area contributed by atoms with Crippen molar-refractivity contribution in [3.05, 3.63) is 54.9 Å². The van der Waals surface area contributed by atoms with Gasteiger partial charge in [0, 0.05) is 35.8 Å². The fourth-order valence-electron chi connectivity index (χ4n) is 3.31. The molecule has 2 N–H and O–H groups in total. The van der Waals surface area contributed by atoms with Crippen LogP contribution in [-0.4, -0.2) is 29.0 Å². The highest BCUT2D eigenvalue weighted by Gasteiger charge is 2.16. The number of aryl methyl sites for hydroxylation is 1. The van der Waals surface area contributed by atoms with Crippen LogP contribution in [0.15, 0.2) is 54.9 Å². The largest absolute Gasteiger partial charge is 0.497 e. The van der Waals surface area contributed by atoms with Crippen LogP contribution < -0.4 is 15.2 Å². The Bertz CT molecular complexity index is 1130. The molecular formula is C21H20N4O2. The number of nitrogens with zero attached hydrogens (tertiary/aromatic N) is 3. The van der Waals surface area contributed by atoms with Crippen LogP contribution in [0, 0.1) is 0 Å². The molecule has 6 heteroatoms. The standard InChI is InChI=1S/C21H20N4O2/c1-25-12-13(11-23-25)15-5-4-6-16-18(15)10-20(22)24-21(16)17-8-7-14(26-2)9-19(17)27-3/h4-12H,1-3H3,(H2,22,24). The van der Waals surface area contributed by atoms with Crippen LogP contribution in [0.3, 0.4) is 0 Å². The zero-order valence-corrected chi connectivity index (χ0v) is 15.4. The first-order valence-corrected chi connectivity index (χ1v) is 8.51. The normalized spacial score (nSPS) is 10.9. The summed E-state index contributed by atoms with van der Waals surface area (Å²) in [7, 11) is 5.16. The smallest absolute Gasteiger partial charge is 0.131 e. The third-order valence-corrected chi connectivity index (χ3v) is 4.57. The molecule has 2 aromatic carbocycles. The van der Waals surface area contributed by atoms with Crippen molar-refractivity contribution in [2.24, 2.45) is 7.05 Å². The fourth-order valence-corrected chi connectivity index (χ4v) is 3.31. The summed E-state index contributed by atoms with van der Waals surface area (Å²) in [6.07, 6.45) is 3.83. The minimum absolute atomic E-state index is 0.451. The molecule has 0 saturated heterocycles. The molecule has 0 saturated carbocycles. The number of aromatic nitrogens is 3. The zero-order chi connectivity index (χ0) is 19.0.